The van der Waals surface area contributed by atoms with Crippen LogP contribution in [0.1, 0.15) is 31.7 Å². The van der Waals surface area contributed by atoms with Gasteiger partial charge in [-0.1, -0.05) is 36.4 Å². The van der Waals surface area contributed by atoms with Gasteiger partial charge in [-0.3, -0.25) is 4.79 Å². The third kappa shape index (κ3) is 8.11. The van der Waals surface area contributed by atoms with E-state index in [1.807, 2.05) is 30.3 Å². The van der Waals surface area contributed by atoms with Crippen LogP contribution in [0.5, 0.6) is 0 Å². The molecule has 3 radical (unpaired) electrons. The second-order valence-electron chi connectivity index (χ2n) is 5.56. The largest absolute Gasteiger partial charge is 0.464 e. The number of Topliss-reactive ketones (excluding diaryl/α,β-unsaturated/α-hetero) is 1. The topological polar surface area (TPSA) is 52.6 Å². The first-order chi connectivity index (χ1) is 11.1. The van der Waals surface area contributed by atoms with Crippen LogP contribution in [-0.4, -0.2) is 40.0 Å². The Balaban J connectivity index is 0.00000529. The highest BCUT2D eigenvalue weighted by Gasteiger charge is 2.20. The number of methoxy groups -OCH3 is 1. The first kappa shape index (κ1) is 22.1. The molecule has 0 N–H and O–H groups in total. The number of carbonyl (C=O) groups is 2. The monoisotopic (exact) mass is 329 g/mol. The molecule has 4 nitrogen and oxygen atoms in total. The predicted molar refractivity (Wildman–Crippen MR) is 95.9 cm³/mol. The van der Waals surface area contributed by atoms with Crippen molar-refractivity contribution >= 4 is 20.2 Å². The molecule has 0 saturated heterocycles. The molecule has 0 saturated carbocycles. The van der Waals surface area contributed by atoms with Gasteiger partial charge in [0, 0.05) is 27.9 Å². The van der Waals surface area contributed by atoms with Crippen molar-refractivity contribution in [2.45, 2.75) is 38.7 Å². The fraction of sp³-hybridized carbons (Fsp3) is 0.474. The highest BCUT2D eigenvalue weighted by atomic mass is 16.6. The summed E-state index contributed by atoms with van der Waals surface area (Å²) in [5, 5.41) is 0. The third-order valence-electron chi connectivity index (χ3n) is 3.78. The zero-order valence-corrected chi connectivity index (χ0v) is 14.6. The first-order valence-corrected chi connectivity index (χ1v) is 7.93. The Kier molecular flexibility index (Phi) is 11.6. The predicted octanol–water partition coefficient (Wildman–Crippen LogP) is 2.97. The second-order valence-corrected chi connectivity index (χ2v) is 5.56. The quantitative estimate of drug-likeness (QED) is 0.271. The smallest absolute Gasteiger partial charge is 0.335 e. The van der Waals surface area contributed by atoms with Gasteiger partial charge in [0.2, 0.25) is 0 Å². The second kappa shape index (κ2) is 12.5. The average molecular weight is 329 g/mol. The maximum atomic E-state index is 12.1. The van der Waals surface area contributed by atoms with Gasteiger partial charge in [0.15, 0.2) is 6.10 Å². The lowest BCUT2D eigenvalue weighted by Crippen LogP contribution is -2.28. The Hall–Kier alpha value is -1.88. The number of rotatable bonds is 11. The zero-order chi connectivity index (χ0) is 17.1. The fourth-order valence-electron chi connectivity index (χ4n) is 2.37. The van der Waals surface area contributed by atoms with Crippen LogP contribution < -0.4 is 0 Å². The maximum absolute atomic E-state index is 12.1. The Morgan fingerprint density at radius 2 is 1.92 bits per heavy atom. The molecule has 1 rings (SSSR count). The lowest BCUT2D eigenvalue weighted by Gasteiger charge is -2.15. The molecule has 0 aromatic heterocycles. The van der Waals surface area contributed by atoms with Gasteiger partial charge in [-0.25, -0.2) is 4.79 Å². The van der Waals surface area contributed by atoms with Crippen LogP contribution in [0.3, 0.4) is 0 Å². The van der Waals surface area contributed by atoms with Gasteiger partial charge in [0.25, 0.3) is 0 Å². The summed E-state index contributed by atoms with van der Waals surface area (Å²) in [5.41, 5.74) is 1.03. The van der Waals surface area contributed by atoms with E-state index in [4.69, 9.17) is 9.47 Å². The van der Waals surface area contributed by atoms with Crippen molar-refractivity contribution in [3.05, 3.63) is 48.6 Å². The molecule has 2 atom stereocenters. The number of carbonyl (C=O) groups excluding carboxylic acids is 2. The van der Waals surface area contributed by atoms with E-state index in [1.54, 1.807) is 13.0 Å². The molecular formula is C19H26BO4. The van der Waals surface area contributed by atoms with Crippen LogP contribution in [0.25, 0.3) is 0 Å². The molecule has 5 heteroatoms. The molecule has 1 aromatic carbocycles. The Morgan fingerprint density at radius 1 is 1.25 bits per heavy atom. The molecule has 0 aliphatic rings. The van der Waals surface area contributed by atoms with Gasteiger partial charge >= 0.3 is 5.97 Å². The van der Waals surface area contributed by atoms with Crippen LogP contribution >= 0.6 is 0 Å². The van der Waals surface area contributed by atoms with E-state index in [0.717, 1.165) is 5.56 Å². The van der Waals surface area contributed by atoms with Crippen LogP contribution in [0, 0.1) is 5.92 Å². The van der Waals surface area contributed by atoms with Gasteiger partial charge in [-0.15, -0.1) is 6.58 Å². The molecular weight excluding hydrogens is 303 g/mol. The van der Waals surface area contributed by atoms with Crippen molar-refractivity contribution in [2.75, 3.05) is 13.7 Å². The number of ether oxygens (including phenoxy) is 2. The van der Waals surface area contributed by atoms with Gasteiger partial charge in [-0.05, 0) is 31.7 Å². The highest BCUT2D eigenvalue weighted by Crippen LogP contribution is 2.13. The van der Waals surface area contributed by atoms with Crippen LogP contribution in [0.2, 0.25) is 0 Å². The van der Waals surface area contributed by atoms with Crippen molar-refractivity contribution in [1.82, 2.24) is 0 Å². The van der Waals surface area contributed by atoms with E-state index in [-0.39, 0.29) is 26.1 Å². The van der Waals surface area contributed by atoms with E-state index in [0.29, 0.717) is 32.3 Å². The molecule has 129 valence electrons. The standard InChI is InChI=1S/C19H26O4.B/c1-4-9-17(15(2)20)12-8-13-23-19(21)18(22-3)14-16-10-6-5-7-11-16;/h4-7,10-11,17-18H,1,8-9,12-14H2,2-3H3;. The van der Waals surface area contributed by atoms with Crippen LogP contribution in [0.15, 0.2) is 43.0 Å². The Morgan fingerprint density at radius 3 is 2.46 bits per heavy atom. The minimum atomic E-state index is -0.603. The van der Waals surface area contributed by atoms with Gasteiger partial charge in [-0.2, -0.15) is 0 Å². The average Bonchev–Trinajstić information content (AvgIpc) is 2.56. The molecule has 0 amide bonds. The molecule has 24 heavy (non-hydrogen) atoms. The van der Waals surface area contributed by atoms with Crippen molar-refractivity contribution in [1.29, 1.82) is 0 Å². The van der Waals surface area contributed by atoms with E-state index >= 15 is 0 Å². The summed E-state index contributed by atoms with van der Waals surface area (Å²) in [6.07, 6.45) is 3.66. The van der Waals surface area contributed by atoms with E-state index in [9.17, 15) is 9.59 Å². The highest BCUT2D eigenvalue weighted by molar-refractivity contribution is 5.78. The minimum absolute atomic E-state index is 0. The van der Waals surface area contributed by atoms with E-state index in [2.05, 4.69) is 6.58 Å². The van der Waals surface area contributed by atoms with Crippen LogP contribution in [-0.2, 0) is 25.5 Å². The number of hydrogen-bond donors (Lipinski definition) is 0. The van der Waals surface area contributed by atoms with E-state index < -0.39 is 6.10 Å². The number of esters is 1. The zero-order valence-electron chi connectivity index (χ0n) is 14.6. The SMILES string of the molecule is C=CCC(CCCOC(=O)C(Cc1ccccc1)OC)C(C)=O.[B]. The fourth-order valence-corrected chi connectivity index (χ4v) is 2.37. The normalized spacial score (nSPS) is 12.6. The first-order valence-electron chi connectivity index (χ1n) is 7.93. The summed E-state index contributed by atoms with van der Waals surface area (Å²) < 4.78 is 10.5. The Bertz CT molecular complexity index is 501. The Labute approximate surface area is 146 Å². The summed E-state index contributed by atoms with van der Waals surface area (Å²) in [4.78, 5) is 23.5. The molecule has 0 heterocycles. The van der Waals surface area contributed by atoms with Gasteiger partial charge < -0.3 is 9.47 Å². The maximum Gasteiger partial charge on any atom is 0.335 e. The van der Waals surface area contributed by atoms with Gasteiger partial charge in [0.05, 0.1) is 6.61 Å². The number of hydrogen-bond acceptors (Lipinski definition) is 4. The summed E-state index contributed by atoms with van der Waals surface area (Å²) in [7, 11) is 1.50. The third-order valence-corrected chi connectivity index (χ3v) is 3.78. The van der Waals surface area contributed by atoms with Crippen molar-refractivity contribution in [3.63, 3.8) is 0 Å². The molecule has 0 aliphatic carbocycles. The molecule has 2 unspecified atom stereocenters. The molecule has 0 spiro atoms. The molecule has 0 fully saturated rings. The summed E-state index contributed by atoms with van der Waals surface area (Å²) in [6.45, 7) is 5.54. The summed E-state index contributed by atoms with van der Waals surface area (Å²) >= 11 is 0. The number of allylic oxidation sites excluding steroid dienone is 1. The summed E-state index contributed by atoms with van der Waals surface area (Å²) in [6, 6.07) is 9.68. The lowest BCUT2D eigenvalue weighted by atomic mass is 9.96. The van der Waals surface area contributed by atoms with E-state index in [1.165, 1.54) is 7.11 Å². The summed E-state index contributed by atoms with van der Waals surface area (Å²) in [5.74, 6) is -0.247. The minimum Gasteiger partial charge on any atom is -0.464 e. The number of ketones is 1. The lowest BCUT2D eigenvalue weighted by molar-refractivity contribution is -0.155. The van der Waals surface area contributed by atoms with Crippen LogP contribution in [0.4, 0.5) is 0 Å². The van der Waals surface area contributed by atoms with Crippen molar-refractivity contribution in [2.24, 2.45) is 5.92 Å². The molecule has 0 bridgehead atoms. The number of benzene rings is 1. The molecule has 0 aliphatic heterocycles. The van der Waals surface area contributed by atoms with Crippen molar-refractivity contribution in [3.8, 4) is 0 Å². The van der Waals surface area contributed by atoms with Crippen molar-refractivity contribution < 1.29 is 19.1 Å². The molecule has 1 aromatic rings. The van der Waals surface area contributed by atoms with Gasteiger partial charge in [0.1, 0.15) is 5.78 Å².